The minimum Gasteiger partial charge on any atom is -0.505 e. The zero-order chi connectivity index (χ0) is 13.3. The fourth-order valence-corrected chi connectivity index (χ4v) is 2.00. The van der Waals surface area contributed by atoms with Crippen LogP contribution in [0.2, 0.25) is 0 Å². The van der Waals surface area contributed by atoms with Crippen molar-refractivity contribution >= 4 is 33.5 Å². The average Bonchev–Trinajstić information content (AvgIpc) is 3.16. The van der Waals surface area contributed by atoms with Crippen LogP contribution < -0.4 is 5.32 Å². The number of rotatable bonds is 3. The molecule has 2 rings (SSSR count). The summed E-state index contributed by atoms with van der Waals surface area (Å²) in [7, 11) is 1.23. The summed E-state index contributed by atoms with van der Waals surface area (Å²) in [4.78, 5) is 23.1. The van der Waals surface area contributed by atoms with Crippen LogP contribution in [0.25, 0.3) is 0 Å². The number of nitrogens with one attached hydrogen (secondary N) is 1. The minimum atomic E-state index is -0.657. The van der Waals surface area contributed by atoms with Crippen LogP contribution in [-0.4, -0.2) is 24.1 Å². The van der Waals surface area contributed by atoms with Crippen molar-refractivity contribution in [2.24, 2.45) is 5.92 Å². The Bertz CT molecular complexity index is 511. The Morgan fingerprint density at radius 3 is 2.67 bits per heavy atom. The van der Waals surface area contributed by atoms with E-state index in [0.29, 0.717) is 4.47 Å². The van der Waals surface area contributed by atoms with Gasteiger partial charge in [-0.05, 0) is 25.0 Å². The Labute approximate surface area is 112 Å². The van der Waals surface area contributed by atoms with Gasteiger partial charge in [0.1, 0.15) is 5.56 Å². The molecule has 1 fully saturated rings. The molecule has 0 heterocycles. The van der Waals surface area contributed by atoms with E-state index in [1.54, 1.807) is 6.07 Å². The number of phenolic OH excluding ortho intramolecular Hbond substituents is 1. The van der Waals surface area contributed by atoms with Crippen LogP contribution in [0.4, 0.5) is 5.69 Å². The lowest BCUT2D eigenvalue weighted by Gasteiger charge is -2.10. The standard InChI is InChI=1S/C12H12BrNO4/c1-18-12(17)8-4-7(13)5-9(10(8)15)14-11(16)6-2-3-6/h4-6,15H,2-3H2,1H3,(H,14,16). The number of amides is 1. The molecule has 0 aromatic heterocycles. The SMILES string of the molecule is COC(=O)c1cc(Br)cc(NC(=O)C2CC2)c1O. The van der Waals surface area contributed by atoms with E-state index in [4.69, 9.17) is 0 Å². The second-order valence-corrected chi connectivity index (χ2v) is 5.02. The van der Waals surface area contributed by atoms with E-state index in [1.807, 2.05) is 0 Å². The number of carbonyl (C=O) groups is 2. The molecule has 0 atom stereocenters. The van der Waals surface area contributed by atoms with Gasteiger partial charge in [-0.2, -0.15) is 0 Å². The number of methoxy groups -OCH3 is 1. The van der Waals surface area contributed by atoms with Gasteiger partial charge in [-0.1, -0.05) is 15.9 Å². The van der Waals surface area contributed by atoms with E-state index >= 15 is 0 Å². The van der Waals surface area contributed by atoms with Crippen LogP contribution in [0, 0.1) is 5.92 Å². The van der Waals surface area contributed by atoms with Crippen molar-refractivity contribution < 1.29 is 19.4 Å². The molecule has 0 radical (unpaired) electrons. The number of halogens is 1. The summed E-state index contributed by atoms with van der Waals surface area (Å²) in [5, 5.41) is 12.5. The highest BCUT2D eigenvalue weighted by molar-refractivity contribution is 9.10. The molecule has 0 spiro atoms. The molecule has 1 aliphatic rings. The van der Waals surface area contributed by atoms with Gasteiger partial charge in [0.05, 0.1) is 12.8 Å². The maximum absolute atomic E-state index is 11.6. The maximum atomic E-state index is 11.6. The second-order valence-electron chi connectivity index (χ2n) is 4.10. The lowest BCUT2D eigenvalue weighted by Crippen LogP contribution is -2.14. The molecule has 1 aromatic rings. The Kier molecular flexibility index (Phi) is 3.56. The predicted molar refractivity (Wildman–Crippen MR) is 68.5 cm³/mol. The molecule has 0 saturated heterocycles. The van der Waals surface area contributed by atoms with Gasteiger partial charge < -0.3 is 15.2 Å². The summed E-state index contributed by atoms with van der Waals surface area (Å²) >= 11 is 3.22. The molecule has 1 aromatic carbocycles. The Balaban J connectivity index is 2.31. The van der Waals surface area contributed by atoms with E-state index in [9.17, 15) is 14.7 Å². The quantitative estimate of drug-likeness (QED) is 0.663. The van der Waals surface area contributed by atoms with Crippen LogP contribution in [0.1, 0.15) is 23.2 Å². The zero-order valence-corrected chi connectivity index (χ0v) is 11.3. The molecule has 2 N–H and O–H groups in total. The molecule has 0 unspecified atom stereocenters. The number of hydrogen-bond acceptors (Lipinski definition) is 4. The van der Waals surface area contributed by atoms with Crippen molar-refractivity contribution in [3.63, 3.8) is 0 Å². The third-order valence-corrected chi connectivity index (χ3v) is 3.14. The van der Waals surface area contributed by atoms with Crippen molar-refractivity contribution in [1.82, 2.24) is 0 Å². The Morgan fingerprint density at radius 1 is 1.44 bits per heavy atom. The lowest BCUT2D eigenvalue weighted by atomic mass is 10.1. The van der Waals surface area contributed by atoms with E-state index in [2.05, 4.69) is 26.0 Å². The van der Waals surface area contributed by atoms with Gasteiger partial charge in [-0.25, -0.2) is 4.79 Å². The number of ether oxygens (including phenoxy) is 1. The normalized spacial score (nSPS) is 14.1. The fraction of sp³-hybridized carbons (Fsp3) is 0.333. The molecular weight excluding hydrogens is 302 g/mol. The first-order chi connectivity index (χ1) is 8.52. The molecular formula is C12H12BrNO4. The van der Waals surface area contributed by atoms with Crippen LogP contribution in [0.3, 0.4) is 0 Å². The van der Waals surface area contributed by atoms with Gasteiger partial charge >= 0.3 is 5.97 Å². The number of phenols is 1. The first-order valence-corrected chi connectivity index (χ1v) is 6.24. The third kappa shape index (κ3) is 2.64. The first-order valence-electron chi connectivity index (χ1n) is 5.44. The van der Waals surface area contributed by atoms with Crippen molar-refractivity contribution in [1.29, 1.82) is 0 Å². The highest BCUT2D eigenvalue weighted by atomic mass is 79.9. The molecule has 0 aliphatic heterocycles. The van der Waals surface area contributed by atoms with Crippen LogP contribution in [-0.2, 0) is 9.53 Å². The maximum Gasteiger partial charge on any atom is 0.341 e. The fourth-order valence-electron chi connectivity index (χ4n) is 1.54. The molecule has 5 nitrogen and oxygen atoms in total. The van der Waals surface area contributed by atoms with Gasteiger partial charge in [0.2, 0.25) is 5.91 Å². The molecule has 0 bridgehead atoms. The smallest absolute Gasteiger partial charge is 0.341 e. The van der Waals surface area contributed by atoms with Crippen molar-refractivity contribution in [3.8, 4) is 5.75 Å². The number of benzene rings is 1. The molecule has 6 heteroatoms. The summed E-state index contributed by atoms with van der Waals surface area (Å²) in [6.07, 6.45) is 1.73. The summed E-state index contributed by atoms with van der Waals surface area (Å²) in [6, 6.07) is 2.98. The van der Waals surface area contributed by atoms with Crippen LogP contribution >= 0.6 is 15.9 Å². The van der Waals surface area contributed by atoms with Gasteiger partial charge in [-0.15, -0.1) is 0 Å². The molecule has 1 aliphatic carbocycles. The third-order valence-electron chi connectivity index (χ3n) is 2.69. The number of anilines is 1. The van der Waals surface area contributed by atoms with Gasteiger partial charge in [0.25, 0.3) is 0 Å². The van der Waals surface area contributed by atoms with E-state index in [0.717, 1.165) is 12.8 Å². The second kappa shape index (κ2) is 4.97. The van der Waals surface area contributed by atoms with E-state index < -0.39 is 5.97 Å². The minimum absolute atomic E-state index is 0.0120. The summed E-state index contributed by atoms with van der Waals surface area (Å²) in [5.41, 5.74) is 0.222. The zero-order valence-electron chi connectivity index (χ0n) is 9.70. The highest BCUT2D eigenvalue weighted by Crippen LogP contribution is 2.35. The number of aromatic hydroxyl groups is 1. The van der Waals surface area contributed by atoms with Gasteiger partial charge in [0.15, 0.2) is 5.75 Å². The van der Waals surface area contributed by atoms with E-state index in [1.165, 1.54) is 13.2 Å². The Morgan fingerprint density at radius 2 is 2.11 bits per heavy atom. The summed E-state index contributed by atoms with van der Waals surface area (Å²) in [5.74, 6) is -1.06. The first kappa shape index (κ1) is 12.9. The van der Waals surface area contributed by atoms with Crippen molar-refractivity contribution in [2.45, 2.75) is 12.8 Å². The summed E-state index contributed by atoms with van der Waals surface area (Å²) in [6.45, 7) is 0. The largest absolute Gasteiger partial charge is 0.505 e. The topological polar surface area (TPSA) is 75.6 Å². The number of carbonyl (C=O) groups excluding carboxylic acids is 2. The molecule has 1 saturated carbocycles. The number of esters is 1. The van der Waals surface area contributed by atoms with Crippen molar-refractivity contribution in [3.05, 3.63) is 22.2 Å². The molecule has 96 valence electrons. The number of hydrogen-bond donors (Lipinski definition) is 2. The molecule has 1 amide bonds. The van der Waals surface area contributed by atoms with Crippen molar-refractivity contribution in [2.75, 3.05) is 12.4 Å². The lowest BCUT2D eigenvalue weighted by molar-refractivity contribution is -0.117. The Hall–Kier alpha value is -1.56. The highest BCUT2D eigenvalue weighted by Gasteiger charge is 2.30. The summed E-state index contributed by atoms with van der Waals surface area (Å²) < 4.78 is 5.14. The predicted octanol–water partition coefficient (Wildman–Crippen LogP) is 2.29. The van der Waals surface area contributed by atoms with Crippen LogP contribution in [0.5, 0.6) is 5.75 Å². The molecule has 18 heavy (non-hydrogen) atoms. The van der Waals surface area contributed by atoms with E-state index in [-0.39, 0.29) is 28.8 Å². The average molecular weight is 314 g/mol. The van der Waals surface area contributed by atoms with Gasteiger partial charge in [-0.3, -0.25) is 4.79 Å². The monoisotopic (exact) mass is 313 g/mol. The van der Waals surface area contributed by atoms with Gasteiger partial charge in [0, 0.05) is 10.4 Å². The van der Waals surface area contributed by atoms with Crippen LogP contribution in [0.15, 0.2) is 16.6 Å².